The van der Waals surface area contributed by atoms with Crippen LogP contribution in [0.5, 0.6) is 0 Å². The lowest BCUT2D eigenvalue weighted by molar-refractivity contribution is -0.261. The predicted octanol–water partition coefficient (Wildman–Crippen LogP) is 1.84. The second-order valence-electron chi connectivity index (χ2n) is 3.67. The highest BCUT2D eigenvalue weighted by molar-refractivity contribution is 5.00. The van der Waals surface area contributed by atoms with E-state index in [4.69, 9.17) is 16.0 Å². The molecule has 0 aromatic carbocycles. The first-order chi connectivity index (χ1) is 5.54. The van der Waals surface area contributed by atoms with Crippen LogP contribution in [0.25, 0.3) is 4.85 Å². The summed E-state index contributed by atoms with van der Waals surface area (Å²) >= 11 is 0. The fraction of sp³-hybridized carbons (Fsp3) is 0.889. The Bertz CT molecular complexity index is 195. The van der Waals surface area contributed by atoms with Crippen LogP contribution in [0.15, 0.2) is 0 Å². The minimum atomic E-state index is -0.511. The SMILES string of the molecule is [C-]#[N+]C1(CC)COC(C)(C)OC1. The molecule has 68 valence electrons. The second-order valence-corrected chi connectivity index (χ2v) is 3.67. The van der Waals surface area contributed by atoms with Gasteiger partial charge in [-0.05, 0) is 13.8 Å². The van der Waals surface area contributed by atoms with Gasteiger partial charge in [-0.15, -0.1) is 0 Å². The van der Waals surface area contributed by atoms with E-state index >= 15 is 0 Å². The van der Waals surface area contributed by atoms with Crippen molar-refractivity contribution in [2.24, 2.45) is 0 Å². The fourth-order valence-electron chi connectivity index (χ4n) is 1.05. The molecular weight excluding hydrogens is 154 g/mol. The Morgan fingerprint density at radius 1 is 1.33 bits per heavy atom. The Hall–Kier alpha value is -0.590. The molecule has 1 rings (SSSR count). The molecule has 3 heteroatoms. The van der Waals surface area contributed by atoms with E-state index in [1.807, 2.05) is 20.8 Å². The van der Waals surface area contributed by atoms with Crippen molar-refractivity contribution >= 4 is 0 Å². The van der Waals surface area contributed by atoms with Crippen molar-refractivity contribution < 1.29 is 9.47 Å². The van der Waals surface area contributed by atoms with Crippen molar-refractivity contribution in [3.63, 3.8) is 0 Å². The molecule has 3 nitrogen and oxygen atoms in total. The van der Waals surface area contributed by atoms with Crippen LogP contribution < -0.4 is 0 Å². The molecule has 1 saturated heterocycles. The fourth-order valence-corrected chi connectivity index (χ4v) is 1.05. The third-order valence-corrected chi connectivity index (χ3v) is 2.27. The Balaban J connectivity index is 2.61. The van der Waals surface area contributed by atoms with Gasteiger partial charge in [-0.2, -0.15) is 0 Å². The largest absolute Gasteiger partial charge is 0.342 e. The number of rotatable bonds is 1. The van der Waals surface area contributed by atoms with Gasteiger partial charge in [0.05, 0.1) is 0 Å². The van der Waals surface area contributed by atoms with Crippen LogP contribution in [-0.2, 0) is 9.47 Å². The van der Waals surface area contributed by atoms with Crippen LogP contribution in [0.4, 0.5) is 0 Å². The van der Waals surface area contributed by atoms with Gasteiger partial charge in [-0.25, -0.2) is 6.57 Å². The molecule has 0 amide bonds. The lowest BCUT2D eigenvalue weighted by atomic mass is 9.98. The van der Waals surface area contributed by atoms with Gasteiger partial charge in [0.25, 0.3) is 5.54 Å². The molecule has 0 aromatic rings. The average molecular weight is 169 g/mol. The molecule has 0 unspecified atom stereocenters. The van der Waals surface area contributed by atoms with E-state index in [9.17, 15) is 0 Å². The van der Waals surface area contributed by atoms with Gasteiger partial charge >= 0.3 is 0 Å². The smallest absolute Gasteiger partial charge is 0.278 e. The molecule has 0 atom stereocenters. The first-order valence-corrected chi connectivity index (χ1v) is 4.20. The van der Waals surface area contributed by atoms with E-state index in [2.05, 4.69) is 4.85 Å². The summed E-state index contributed by atoms with van der Waals surface area (Å²) in [6.07, 6.45) is 0.784. The maximum absolute atomic E-state index is 7.04. The Labute approximate surface area is 73.5 Å². The molecular formula is C9H15NO2. The third-order valence-electron chi connectivity index (χ3n) is 2.27. The average Bonchev–Trinajstić information content (AvgIpc) is 2.06. The first kappa shape index (κ1) is 9.50. The molecule has 1 heterocycles. The Morgan fingerprint density at radius 3 is 2.17 bits per heavy atom. The minimum absolute atomic E-state index is 0.435. The number of hydrogen-bond acceptors (Lipinski definition) is 2. The van der Waals surface area contributed by atoms with Crippen molar-refractivity contribution in [2.75, 3.05) is 13.2 Å². The zero-order chi connectivity index (χ0) is 9.24. The van der Waals surface area contributed by atoms with Crippen molar-refractivity contribution in [3.05, 3.63) is 11.4 Å². The standard InChI is InChI=1S/C9H15NO2/c1-5-9(10-4)6-11-8(2,3)12-7-9/h5-7H2,1-3H3. The Morgan fingerprint density at radius 2 is 1.83 bits per heavy atom. The van der Waals surface area contributed by atoms with Gasteiger partial charge in [-0.3, -0.25) is 0 Å². The summed E-state index contributed by atoms with van der Waals surface area (Å²) in [7, 11) is 0. The molecule has 1 aliphatic rings. The lowest BCUT2D eigenvalue weighted by Crippen LogP contribution is -2.48. The Kier molecular flexibility index (Phi) is 2.41. The van der Waals surface area contributed by atoms with Crippen molar-refractivity contribution in [2.45, 2.75) is 38.5 Å². The predicted molar refractivity (Wildman–Crippen MR) is 45.6 cm³/mol. The maximum atomic E-state index is 7.04. The van der Waals surface area contributed by atoms with Gasteiger partial charge in [0.15, 0.2) is 5.79 Å². The number of hydrogen-bond donors (Lipinski definition) is 0. The zero-order valence-electron chi connectivity index (χ0n) is 7.89. The van der Waals surface area contributed by atoms with Gasteiger partial charge < -0.3 is 14.3 Å². The van der Waals surface area contributed by atoms with E-state index in [-0.39, 0.29) is 0 Å². The van der Waals surface area contributed by atoms with E-state index in [1.54, 1.807) is 0 Å². The highest BCUT2D eigenvalue weighted by atomic mass is 16.7. The summed E-state index contributed by atoms with van der Waals surface area (Å²) in [5.41, 5.74) is -0.435. The molecule has 1 fully saturated rings. The quantitative estimate of drug-likeness (QED) is 0.559. The summed E-state index contributed by atoms with van der Waals surface area (Å²) < 4.78 is 10.9. The molecule has 0 N–H and O–H groups in total. The first-order valence-electron chi connectivity index (χ1n) is 4.20. The molecule has 1 aliphatic heterocycles. The van der Waals surface area contributed by atoms with Crippen LogP contribution in [0.2, 0.25) is 0 Å². The summed E-state index contributed by atoms with van der Waals surface area (Å²) in [6.45, 7) is 13.7. The zero-order valence-corrected chi connectivity index (χ0v) is 7.89. The topological polar surface area (TPSA) is 22.8 Å². The highest BCUT2D eigenvalue weighted by Crippen LogP contribution is 2.28. The van der Waals surface area contributed by atoms with E-state index < -0.39 is 11.3 Å². The number of ether oxygens (including phenoxy) is 2. The van der Waals surface area contributed by atoms with Crippen LogP contribution >= 0.6 is 0 Å². The van der Waals surface area contributed by atoms with E-state index in [1.165, 1.54) is 0 Å². The second kappa shape index (κ2) is 3.04. The number of nitrogens with zero attached hydrogens (tertiary/aromatic N) is 1. The van der Waals surface area contributed by atoms with E-state index in [0.29, 0.717) is 13.2 Å². The third kappa shape index (κ3) is 1.77. The summed E-state index contributed by atoms with van der Waals surface area (Å²) in [6, 6.07) is 0. The van der Waals surface area contributed by atoms with Crippen LogP contribution in [-0.4, -0.2) is 24.5 Å². The van der Waals surface area contributed by atoms with Crippen molar-refractivity contribution in [3.8, 4) is 0 Å². The molecule has 0 bridgehead atoms. The molecule has 0 aromatic heterocycles. The van der Waals surface area contributed by atoms with Crippen LogP contribution in [0, 0.1) is 6.57 Å². The maximum Gasteiger partial charge on any atom is 0.278 e. The highest BCUT2D eigenvalue weighted by Gasteiger charge is 2.43. The van der Waals surface area contributed by atoms with Gasteiger partial charge in [0.1, 0.15) is 13.2 Å². The van der Waals surface area contributed by atoms with Gasteiger partial charge in [-0.1, -0.05) is 6.92 Å². The summed E-state index contributed by atoms with van der Waals surface area (Å²) in [4.78, 5) is 3.56. The molecule has 0 saturated carbocycles. The van der Waals surface area contributed by atoms with Crippen molar-refractivity contribution in [1.82, 2.24) is 0 Å². The van der Waals surface area contributed by atoms with Crippen LogP contribution in [0.1, 0.15) is 27.2 Å². The molecule has 12 heavy (non-hydrogen) atoms. The summed E-state index contributed by atoms with van der Waals surface area (Å²) in [5, 5.41) is 0. The summed E-state index contributed by atoms with van der Waals surface area (Å²) in [5.74, 6) is -0.511. The molecule has 0 spiro atoms. The monoisotopic (exact) mass is 169 g/mol. The minimum Gasteiger partial charge on any atom is -0.342 e. The van der Waals surface area contributed by atoms with Crippen molar-refractivity contribution in [1.29, 1.82) is 0 Å². The van der Waals surface area contributed by atoms with Gasteiger partial charge in [0, 0.05) is 6.42 Å². The normalized spacial score (nSPS) is 26.2. The van der Waals surface area contributed by atoms with Crippen LogP contribution in [0.3, 0.4) is 0 Å². The lowest BCUT2D eigenvalue weighted by Gasteiger charge is -2.35. The molecule has 0 aliphatic carbocycles. The van der Waals surface area contributed by atoms with Gasteiger partial charge in [0.2, 0.25) is 0 Å². The van der Waals surface area contributed by atoms with E-state index in [0.717, 1.165) is 6.42 Å². The molecule has 0 radical (unpaired) electrons.